The molecule has 0 aliphatic heterocycles. The molecule has 0 heterocycles. The van der Waals surface area contributed by atoms with Crippen molar-refractivity contribution in [3.63, 3.8) is 0 Å². The molecule has 0 aliphatic rings. The van der Waals surface area contributed by atoms with E-state index in [1.807, 2.05) is 36.4 Å². The van der Waals surface area contributed by atoms with E-state index in [2.05, 4.69) is 5.32 Å². The highest BCUT2D eigenvalue weighted by Crippen LogP contribution is 2.38. The summed E-state index contributed by atoms with van der Waals surface area (Å²) in [6, 6.07) is 14.4. The highest BCUT2D eigenvalue weighted by atomic mass is 16.5. The smallest absolute Gasteiger partial charge is 0.248 e. The van der Waals surface area contributed by atoms with E-state index >= 15 is 0 Å². The van der Waals surface area contributed by atoms with Crippen LogP contribution >= 0.6 is 0 Å². The molecule has 0 saturated heterocycles. The van der Waals surface area contributed by atoms with Gasteiger partial charge in [-0.3, -0.25) is 4.79 Å². The van der Waals surface area contributed by atoms with Crippen LogP contribution in [0.25, 0.3) is 18.2 Å². The molecular weight excluding hydrogens is 460 g/mol. The zero-order chi connectivity index (χ0) is 26.1. The fourth-order valence-corrected chi connectivity index (χ4v) is 3.51. The third kappa shape index (κ3) is 6.29. The van der Waals surface area contributed by atoms with E-state index in [1.54, 1.807) is 65.9 Å². The fraction of sp³-hybridized carbons (Fsp3) is 0.179. The average molecular weight is 491 g/mol. The second-order valence-corrected chi connectivity index (χ2v) is 7.57. The first kappa shape index (κ1) is 26.0. The minimum Gasteiger partial charge on any atom is -0.497 e. The van der Waals surface area contributed by atoms with Crippen molar-refractivity contribution in [2.45, 2.75) is 0 Å². The number of rotatable bonds is 10. The van der Waals surface area contributed by atoms with Crippen LogP contribution in [0.2, 0.25) is 0 Å². The van der Waals surface area contributed by atoms with Gasteiger partial charge in [0.15, 0.2) is 11.5 Å². The number of hydrogen-bond acceptors (Lipinski definition) is 7. The van der Waals surface area contributed by atoms with E-state index in [1.165, 1.54) is 6.08 Å². The molecule has 0 unspecified atom stereocenters. The van der Waals surface area contributed by atoms with Gasteiger partial charge in [-0.25, -0.2) is 0 Å². The monoisotopic (exact) mass is 490 g/mol. The van der Waals surface area contributed by atoms with Gasteiger partial charge in [0, 0.05) is 17.3 Å². The molecule has 3 aromatic carbocycles. The van der Waals surface area contributed by atoms with Crippen LogP contribution in [0.4, 0.5) is 11.4 Å². The Morgan fingerprint density at radius 3 is 2.00 bits per heavy atom. The third-order valence-electron chi connectivity index (χ3n) is 5.34. The van der Waals surface area contributed by atoms with Crippen molar-refractivity contribution < 1.29 is 28.5 Å². The molecule has 0 aliphatic carbocycles. The number of nitrogen functional groups attached to an aromatic ring is 1. The summed E-state index contributed by atoms with van der Waals surface area (Å²) < 4.78 is 26.8. The molecule has 0 aromatic heterocycles. The van der Waals surface area contributed by atoms with Crippen molar-refractivity contribution in [1.29, 1.82) is 0 Å². The Kier molecular flexibility index (Phi) is 8.83. The molecule has 188 valence electrons. The van der Waals surface area contributed by atoms with Crippen LogP contribution in [-0.2, 0) is 4.79 Å². The maximum Gasteiger partial charge on any atom is 0.248 e. The Hall–Kier alpha value is -4.59. The normalized spacial score (nSPS) is 10.9. The summed E-state index contributed by atoms with van der Waals surface area (Å²) in [6.45, 7) is 0. The molecule has 36 heavy (non-hydrogen) atoms. The van der Waals surface area contributed by atoms with Crippen LogP contribution < -0.4 is 34.7 Å². The zero-order valence-electron chi connectivity index (χ0n) is 21.0. The number of carbonyl (C=O) groups excluding carboxylic acids is 1. The van der Waals surface area contributed by atoms with Gasteiger partial charge >= 0.3 is 0 Å². The molecule has 0 radical (unpaired) electrons. The van der Waals surface area contributed by atoms with E-state index < -0.39 is 0 Å². The Balaban J connectivity index is 1.85. The molecule has 8 heteroatoms. The summed E-state index contributed by atoms with van der Waals surface area (Å²) in [7, 11) is 7.82. The topological polar surface area (TPSA) is 101 Å². The molecule has 0 bridgehead atoms. The van der Waals surface area contributed by atoms with Gasteiger partial charge in [-0.05, 0) is 59.7 Å². The zero-order valence-corrected chi connectivity index (χ0v) is 21.0. The van der Waals surface area contributed by atoms with Crippen LogP contribution in [0.1, 0.15) is 16.7 Å². The van der Waals surface area contributed by atoms with Gasteiger partial charge in [0.05, 0.1) is 41.2 Å². The Morgan fingerprint density at radius 1 is 0.722 bits per heavy atom. The van der Waals surface area contributed by atoms with Gasteiger partial charge in [-0.2, -0.15) is 0 Å². The number of amides is 1. The lowest BCUT2D eigenvalue weighted by atomic mass is 10.1. The molecular formula is C28H30N2O6. The summed E-state index contributed by atoms with van der Waals surface area (Å²) in [6.07, 6.45) is 6.87. The molecule has 3 N–H and O–H groups in total. The molecule has 0 saturated carbocycles. The van der Waals surface area contributed by atoms with Crippen LogP contribution in [-0.4, -0.2) is 41.5 Å². The Morgan fingerprint density at radius 2 is 1.42 bits per heavy atom. The minimum absolute atomic E-state index is 0.294. The summed E-state index contributed by atoms with van der Waals surface area (Å²) in [4.78, 5) is 12.7. The minimum atomic E-state index is -0.294. The number of methoxy groups -OCH3 is 5. The Labute approximate surface area is 210 Å². The quantitative estimate of drug-likeness (QED) is 0.231. The molecule has 8 nitrogen and oxygen atoms in total. The largest absolute Gasteiger partial charge is 0.497 e. The van der Waals surface area contributed by atoms with E-state index in [0.717, 1.165) is 16.7 Å². The SMILES string of the molecule is COc1ccc(NC(=O)/C=C/c2ccc(OC)c(N)c2)c(C=Cc2cc(OC)c(OC)c(OC)c2)c1. The van der Waals surface area contributed by atoms with Gasteiger partial charge in [0.25, 0.3) is 0 Å². The lowest BCUT2D eigenvalue weighted by Crippen LogP contribution is -2.09. The molecule has 0 fully saturated rings. The summed E-state index contributed by atoms with van der Waals surface area (Å²) >= 11 is 0. The van der Waals surface area contributed by atoms with Crippen LogP contribution in [0.15, 0.2) is 54.6 Å². The average Bonchev–Trinajstić information content (AvgIpc) is 2.90. The van der Waals surface area contributed by atoms with Crippen molar-refractivity contribution >= 4 is 35.5 Å². The maximum atomic E-state index is 12.7. The molecule has 1 amide bonds. The second kappa shape index (κ2) is 12.2. The van der Waals surface area contributed by atoms with E-state index in [4.69, 9.17) is 29.4 Å². The molecule has 0 spiro atoms. The van der Waals surface area contributed by atoms with Gasteiger partial charge in [0.2, 0.25) is 11.7 Å². The number of carbonyl (C=O) groups is 1. The van der Waals surface area contributed by atoms with Crippen LogP contribution in [0.5, 0.6) is 28.7 Å². The molecule has 0 atom stereocenters. The maximum absolute atomic E-state index is 12.7. The second-order valence-electron chi connectivity index (χ2n) is 7.57. The number of anilines is 2. The molecule has 3 aromatic rings. The number of benzene rings is 3. The summed E-state index contributed by atoms with van der Waals surface area (Å²) in [5.41, 5.74) is 9.40. The number of hydrogen-bond donors (Lipinski definition) is 2. The number of nitrogens with one attached hydrogen (secondary N) is 1. The summed E-state index contributed by atoms with van der Waals surface area (Å²) in [5, 5.41) is 2.91. The van der Waals surface area contributed by atoms with Gasteiger partial charge in [-0.15, -0.1) is 0 Å². The van der Waals surface area contributed by atoms with Crippen molar-refractivity contribution in [3.8, 4) is 28.7 Å². The van der Waals surface area contributed by atoms with Gasteiger partial charge < -0.3 is 34.7 Å². The summed E-state index contributed by atoms with van der Waals surface area (Å²) in [5.74, 6) is 2.54. The lowest BCUT2D eigenvalue weighted by molar-refractivity contribution is -0.111. The first-order valence-corrected chi connectivity index (χ1v) is 11.0. The van der Waals surface area contributed by atoms with Crippen molar-refractivity contribution in [2.75, 3.05) is 46.6 Å². The Bertz CT molecular complexity index is 1260. The van der Waals surface area contributed by atoms with Gasteiger partial charge in [0.1, 0.15) is 11.5 Å². The van der Waals surface area contributed by atoms with Crippen molar-refractivity contribution in [3.05, 3.63) is 71.3 Å². The highest BCUT2D eigenvalue weighted by Gasteiger charge is 2.12. The predicted octanol–water partition coefficient (Wildman–Crippen LogP) is 5.13. The number of nitrogens with two attached hydrogens (primary N) is 1. The van der Waals surface area contributed by atoms with Gasteiger partial charge in [-0.1, -0.05) is 18.2 Å². The first-order valence-electron chi connectivity index (χ1n) is 11.0. The predicted molar refractivity (Wildman–Crippen MR) is 143 cm³/mol. The molecule has 3 rings (SSSR count). The van der Waals surface area contributed by atoms with E-state index in [-0.39, 0.29) is 5.91 Å². The van der Waals surface area contributed by atoms with Crippen LogP contribution in [0, 0.1) is 0 Å². The van der Waals surface area contributed by atoms with E-state index in [0.29, 0.717) is 40.1 Å². The standard InChI is InChI=1S/C28H30N2O6/c1-32-21-10-11-23(30-27(31)13-8-18-7-12-24(33-2)22(29)14-18)20(17-21)9-6-19-15-25(34-3)28(36-5)26(16-19)35-4/h6-17H,29H2,1-5H3,(H,30,31)/b9-6?,13-8+. The number of ether oxygens (including phenoxy) is 5. The fourth-order valence-electron chi connectivity index (χ4n) is 3.51. The first-order chi connectivity index (χ1) is 17.4. The third-order valence-corrected chi connectivity index (χ3v) is 5.34. The van der Waals surface area contributed by atoms with Crippen LogP contribution in [0.3, 0.4) is 0 Å². The highest BCUT2D eigenvalue weighted by molar-refractivity contribution is 6.03. The van der Waals surface area contributed by atoms with Crippen molar-refractivity contribution in [1.82, 2.24) is 0 Å². The van der Waals surface area contributed by atoms with Crippen molar-refractivity contribution in [2.24, 2.45) is 0 Å². The van der Waals surface area contributed by atoms with E-state index in [9.17, 15) is 4.79 Å². The lowest BCUT2D eigenvalue weighted by Gasteiger charge is -2.13.